The quantitative estimate of drug-likeness (QED) is 0.252. The third-order valence-electron chi connectivity index (χ3n) is 12.9. The number of rotatable bonds is 5. The molecule has 2 aromatic carbocycles. The Kier molecular flexibility index (Phi) is 10.2. The second-order valence-corrected chi connectivity index (χ2v) is 19.5. The number of carbonyl (C=O) groups excluding carboxylic acids is 2. The summed E-state index contributed by atoms with van der Waals surface area (Å²) in [5.74, 6) is -0.156. The fourth-order valence-electron chi connectivity index (χ4n) is 9.96. The maximum absolute atomic E-state index is 17.6. The minimum Gasteiger partial charge on any atom is -0.461 e. The maximum Gasteiger partial charge on any atom is 0.415 e. The van der Waals surface area contributed by atoms with Crippen molar-refractivity contribution in [1.82, 2.24) is 30.1 Å². The van der Waals surface area contributed by atoms with Gasteiger partial charge in [-0.25, -0.2) is 26.8 Å². The Balaban J connectivity index is 1.15. The monoisotopic (exact) mass is 833 g/mol. The van der Waals surface area contributed by atoms with E-state index in [1.54, 1.807) is 18.3 Å². The average Bonchev–Trinajstić information content (AvgIpc) is 3.73. The molecular weight excluding hydrogens is 785 g/mol. The molecule has 59 heavy (non-hydrogen) atoms. The van der Waals surface area contributed by atoms with Gasteiger partial charge in [-0.05, 0) is 93.3 Å². The molecule has 17 heteroatoms. The fourth-order valence-corrected chi connectivity index (χ4v) is 11.0. The number of halogens is 2. The van der Waals surface area contributed by atoms with Crippen molar-refractivity contribution in [3.05, 3.63) is 47.9 Å². The van der Waals surface area contributed by atoms with Gasteiger partial charge >= 0.3 is 18.2 Å². The molecule has 6 aliphatic heterocycles. The summed E-state index contributed by atoms with van der Waals surface area (Å²) < 4.78 is 74.5. The zero-order valence-electron chi connectivity index (χ0n) is 33.3. The van der Waals surface area contributed by atoms with Crippen LogP contribution in [0.3, 0.4) is 0 Å². The lowest BCUT2D eigenvalue weighted by Gasteiger charge is -2.41. The van der Waals surface area contributed by atoms with Gasteiger partial charge in [0.05, 0.1) is 28.3 Å². The van der Waals surface area contributed by atoms with Crippen LogP contribution in [-0.4, -0.2) is 127 Å². The molecule has 2 amide bonds. The molecule has 2 aromatic heterocycles. The first-order valence-corrected chi connectivity index (χ1v) is 22.5. The van der Waals surface area contributed by atoms with Gasteiger partial charge in [-0.1, -0.05) is 18.2 Å². The molecular formula is C42H49F2N7O7S. The van der Waals surface area contributed by atoms with Gasteiger partial charge in [-0.15, -0.1) is 0 Å². The summed E-state index contributed by atoms with van der Waals surface area (Å²) >= 11 is 0. The summed E-state index contributed by atoms with van der Waals surface area (Å²) in [6, 6.07) is 8.90. The van der Waals surface area contributed by atoms with E-state index in [1.165, 1.54) is 11.2 Å². The Morgan fingerprint density at radius 1 is 1.08 bits per heavy atom. The number of likely N-dealkylation sites (tertiary alicyclic amines) is 1. The molecule has 8 heterocycles. The van der Waals surface area contributed by atoms with Crippen molar-refractivity contribution in [3.8, 4) is 23.0 Å². The molecule has 10 rings (SSSR count). The van der Waals surface area contributed by atoms with Gasteiger partial charge in [0, 0.05) is 57.2 Å². The lowest BCUT2D eigenvalue weighted by molar-refractivity contribution is 0.107. The van der Waals surface area contributed by atoms with Gasteiger partial charge in [0.25, 0.3) is 0 Å². The van der Waals surface area contributed by atoms with Crippen molar-refractivity contribution in [2.45, 2.75) is 87.2 Å². The van der Waals surface area contributed by atoms with Crippen molar-refractivity contribution in [1.29, 1.82) is 0 Å². The second kappa shape index (κ2) is 15.3. The number of aryl methyl sites for hydroxylation is 1. The highest BCUT2D eigenvalue weighted by Crippen LogP contribution is 2.42. The van der Waals surface area contributed by atoms with Crippen LogP contribution in [0.1, 0.15) is 63.9 Å². The summed E-state index contributed by atoms with van der Waals surface area (Å²) in [5.41, 5.74) is 0.00338. The molecule has 4 saturated heterocycles. The number of amides is 2. The zero-order chi connectivity index (χ0) is 41.1. The zero-order valence-corrected chi connectivity index (χ0v) is 34.2. The van der Waals surface area contributed by atoms with E-state index in [0.717, 1.165) is 24.9 Å². The largest absolute Gasteiger partial charge is 0.461 e. The molecule has 4 fully saturated rings. The van der Waals surface area contributed by atoms with E-state index in [4.69, 9.17) is 24.2 Å². The summed E-state index contributed by atoms with van der Waals surface area (Å²) in [4.78, 5) is 46.6. The van der Waals surface area contributed by atoms with Gasteiger partial charge in [-0.2, -0.15) is 9.97 Å². The molecule has 3 atom stereocenters. The van der Waals surface area contributed by atoms with Crippen LogP contribution in [0.4, 0.5) is 24.2 Å². The van der Waals surface area contributed by atoms with Gasteiger partial charge in [-0.3, -0.25) is 9.88 Å². The van der Waals surface area contributed by atoms with Crippen LogP contribution < -0.4 is 19.7 Å². The van der Waals surface area contributed by atoms with Gasteiger partial charge in [0.15, 0.2) is 5.82 Å². The third-order valence-corrected chi connectivity index (χ3v) is 14.6. The highest BCUT2D eigenvalue weighted by molar-refractivity contribution is 7.91. The molecule has 0 radical (unpaired) electrons. The highest BCUT2D eigenvalue weighted by Gasteiger charge is 2.49. The van der Waals surface area contributed by atoms with Gasteiger partial charge < -0.3 is 29.3 Å². The molecule has 0 unspecified atom stereocenters. The van der Waals surface area contributed by atoms with E-state index >= 15 is 4.39 Å². The number of benzene rings is 2. The average molecular weight is 834 g/mol. The molecule has 0 spiro atoms. The van der Waals surface area contributed by atoms with E-state index in [1.807, 2.05) is 30.0 Å². The number of aromatic nitrogens is 3. The third kappa shape index (κ3) is 7.71. The Hall–Kier alpha value is -4.90. The number of pyridine rings is 1. The Bertz CT molecular complexity index is 2430. The summed E-state index contributed by atoms with van der Waals surface area (Å²) in [6.07, 6.45) is 5.66. The number of carbonyl (C=O) groups is 2. The van der Waals surface area contributed by atoms with E-state index in [0.29, 0.717) is 92.1 Å². The molecule has 6 aliphatic rings. The maximum atomic E-state index is 17.6. The van der Waals surface area contributed by atoms with E-state index in [9.17, 15) is 22.4 Å². The van der Waals surface area contributed by atoms with E-state index in [2.05, 4.69) is 15.2 Å². The van der Waals surface area contributed by atoms with Crippen LogP contribution in [0.2, 0.25) is 0 Å². The highest BCUT2D eigenvalue weighted by atomic mass is 32.2. The molecule has 14 nitrogen and oxygen atoms in total. The summed E-state index contributed by atoms with van der Waals surface area (Å²) in [7, 11) is -3.24. The number of nitrogens with zero attached hydrogens (tertiary/aromatic N) is 6. The normalized spacial score (nSPS) is 25.6. The Morgan fingerprint density at radius 3 is 2.71 bits per heavy atom. The number of sulfone groups is 1. The Labute approximate surface area is 341 Å². The summed E-state index contributed by atoms with van der Waals surface area (Å²) in [5, 5.41) is 4.25. The predicted octanol–water partition coefficient (Wildman–Crippen LogP) is 5.98. The minimum atomic E-state index is -3.24. The van der Waals surface area contributed by atoms with Gasteiger partial charge in [0.1, 0.15) is 45.4 Å². The smallest absolute Gasteiger partial charge is 0.415 e. The molecule has 4 aromatic rings. The second-order valence-electron chi connectivity index (χ2n) is 17.2. The lowest BCUT2D eigenvalue weighted by atomic mass is 9.91. The number of ether oxygens (including phenoxy) is 3. The molecule has 6 bridgehead atoms. The molecule has 1 N–H and O–H groups in total. The Morgan fingerprint density at radius 2 is 1.90 bits per heavy atom. The number of hydrogen-bond donors (Lipinski definition) is 1. The first-order chi connectivity index (χ1) is 28.3. The van der Waals surface area contributed by atoms with Crippen LogP contribution in [0.25, 0.3) is 32.9 Å². The molecule has 0 saturated carbocycles. The van der Waals surface area contributed by atoms with Crippen LogP contribution in [-0.2, 0) is 21.0 Å². The van der Waals surface area contributed by atoms with E-state index in [-0.39, 0.29) is 49.3 Å². The number of nitrogens with one attached hydrogen (secondary N) is 1. The SMILES string of the molecule is C[C@@]12CCCN(C1)c1nc(OC[C@@]34CCCN3C[C@H](F)C4)nc3c(F)c(ncc13)-c1cc(OC(=O)N3CCC(S(C)(=O)=O)CC3)cc3cccc(c13)CCCOC(=O)N2. The van der Waals surface area contributed by atoms with Crippen molar-refractivity contribution in [2.24, 2.45) is 0 Å². The number of alkyl halides is 1. The molecule has 314 valence electrons. The molecule has 0 aliphatic carbocycles. The van der Waals surface area contributed by atoms with Crippen molar-refractivity contribution >= 4 is 49.5 Å². The first kappa shape index (κ1) is 39.6. The number of anilines is 1. The number of fused-ring (bicyclic) bond motifs is 7. The van der Waals surface area contributed by atoms with Crippen LogP contribution in [0.5, 0.6) is 11.8 Å². The standard InChI is InChI=1S/C42H49F2N7O7S/c1-41-12-5-14-50(24-41)37-32-22-45-35(34(44)36(32)46-38(47-37)57-25-42-13-6-15-51(42)23-28(43)21-42)31-20-29(58-40(53)49-16-10-30(11-17-49)59(2,54)55)19-27-8-3-7-26(33(27)31)9-4-18-56-39(52)48-41/h3,7-8,19-20,22,28,30H,4-6,9-18,21,23-25H2,1-2H3,(H,48,52)/t28-,41-,42+/m1/s1. The van der Waals surface area contributed by atoms with Crippen molar-refractivity contribution in [2.75, 3.05) is 63.6 Å². The number of hydrogen-bond acceptors (Lipinski definition) is 12. The van der Waals surface area contributed by atoms with Crippen molar-refractivity contribution < 1.29 is 41.0 Å². The lowest BCUT2D eigenvalue weighted by Crippen LogP contribution is -2.57. The minimum absolute atomic E-state index is 0.0173. The topological polar surface area (TPSA) is 156 Å². The fraction of sp³-hybridized carbons (Fsp3) is 0.548. The van der Waals surface area contributed by atoms with Crippen LogP contribution in [0, 0.1) is 5.82 Å². The number of piperidine rings is 2. The van der Waals surface area contributed by atoms with E-state index < -0.39 is 50.3 Å². The number of alkyl carbamates (subject to hydrolysis) is 1. The van der Waals surface area contributed by atoms with Gasteiger partial charge in [0.2, 0.25) is 0 Å². The predicted molar refractivity (Wildman–Crippen MR) is 217 cm³/mol. The van der Waals surface area contributed by atoms with Crippen LogP contribution in [0.15, 0.2) is 36.5 Å². The first-order valence-electron chi connectivity index (χ1n) is 20.6. The van der Waals surface area contributed by atoms with Crippen molar-refractivity contribution in [3.63, 3.8) is 0 Å². The van der Waals surface area contributed by atoms with Crippen LogP contribution >= 0.6 is 0 Å². The summed E-state index contributed by atoms with van der Waals surface area (Å²) in [6.45, 7) is 4.74.